The second-order valence-corrected chi connectivity index (χ2v) is 7.10. The van der Waals surface area contributed by atoms with Gasteiger partial charge in [0.15, 0.2) is 0 Å². The molecule has 1 aromatic heterocycles. The van der Waals surface area contributed by atoms with Gasteiger partial charge in [0, 0.05) is 31.4 Å². The summed E-state index contributed by atoms with van der Waals surface area (Å²) in [4.78, 5) is 27.7. The van der Waals surface area contributed by atoms with Gasteiger partial charge >= 0.3 is 0 Å². The summed E-state index contributed by atoms with van der Waals surface area (Å²) in [6.07, 6.45) is 1.75. The van der Waals surface area contributed by atoms with Gasteiger partial charge in [-0.1, -0.05) is 0 Å². The van der Waals surface area contributed by atoms with Gasteiger partial charge in [-0.3, -0.25) is 9.59 Å². The van der Waals surface area contributed by atoms with Crippen LogP contribution in [-0.4, -0.2) is 50.2 Å². The number of rotatable bonds is 8. The molecule has 28 heavy (non-hydrogen) atoms. The van der Waals surface area contributed by atoms with Crippen molar-refractivity contribution in [1.29, 1.82) is 0 Å². The quantitative estimate of drug-likeness (QED) is 0.752. The third kappa shape index (κ3) is 5.13. The molecule has 0 aliphatic carbocycles. The molecule has 1 atom stereocenters. The van der Waals surface area contributed by atoms with Crippen molar-refractivity contribution in [2.45, 2.75) is 26.4 Å². The van der Waals surface area contributed by atoms with E-state index in [0.29, 0.717) is 23.6 Å². The van der Waals surface area contributed by atoms with Crippen molar-refractivity contribution in [3.05, 3.63) is 57.5 Å². The zero-order valence-electron chi connectivity index (χ0n) is 17.4. The number of aryl methyl sites for hydroxylation is 1. The van der Waals surface area contributed by atoms with Crippen LogP contribution in [0.15, 0.2) is 35.3 Å². The number of benzene rings is 1. The molecule has 0 spiro atoms. The van der Waals surface area contributed by atoms with Crippen LogP contribution in [0.5, 0.6) is 11.5 Å². The molecular weight excluding hydrogens is 358 g/mol. The lowest BCUT2D eigenvalue weighted by molar-refractivity contribution is 0.0947. The minimum absolute atomic E-state index is 0.0442. The Hall–Kier alpha value is -2.80. The Balaban J connectivity index is 2.24. The van der Waals surface area contributed by atoms with Gasteiger partial charge in [-0.25, -0.2) is 0 Å². The van der Waals surface area contributed by atoms with Crippen molar-refractivity contribution in [3.8, 4) is 11.5 Å². The molecule has 0 fully saturated rings. The third-order valence-corrected chi connectivity index (χ3v) is 4.52. The van der Waals surface area contributed by atoms with Gasteiger partial charge < -0.3 is 24.3 Å². The molecule has 0 radical (unpaired) electrons. The summed E-state index contributed by atoms with van der Waals surface area (Å²) < 4.78 is 12.1. The maximum atomic E-state index is 12.9. The van der Waals surface area contributed by atoms with Crippen molar-refractivity contribution in [1.82, 2.24) is 14.8 Å². The SMILES string of the molecule is COc1cc(CNC(=O)c2c(C)ccn(C(C)CN(C)C)c2=O)cc(OC)c1. The lowest BCUT2D eigenvalue weighted by atomic mass is 10.1. The Labute approximate surface area is 165 Å². The number of methoxy groups -OCH3 is 2. The molecule has 1 aromatic carbocycles. The molecule has 0 aliphatic heterocycles. The molecule has 2 rings (SSSR count). The molecule has 7 nitrogen and oxygen atoms in total. The number of carbonyl (C=O) groups is 1. The third-order valence-electron chi connectivity index (χ3n) is 4.52. The number of nitrogens with one attached hydrogen (secondary N) is 1. The van der Waals surface area contributed by atoms with E-state index in [4.69, 9.17) is 9.47 Å². The van der Waals surface area contributed by atoms with E-state index in [1.807, 2.05) is 38.1 Å². The molecule has 0 bridgehead atoms. The lowest BCUT2D eigenvalue weighted by Crippen LogP contribution is -2.36. The Morgan fingerprint density at radius 3 is 2.32 bits per heavy atom. The smallest absolute Gasteiger partial charge is 0.263 e. The average molecular weight is 387 g/mol. The van der Waals surface area contributed by atoms with E-state index in [2.05, 4.69) is 5.32 Å². The first kappa shape index (κ1) is 21.5. The Morgan fingerprint density at radius 1 is 1.18 bits per heavy atom. The summed E-state index contributed by atoms with van der Waals surface area (Å²) in [6, 6.07) is 7.15. The number of hydrogen-bond donors (Lipinski definition) is 1. The van der Waals surface area contributed by atoms with E-state index in [1.54, 1.807) is 44.0 Å². The van der Waals surface area contributed by atoms with Crippen LogP contribution in [0.25, 0.3) is 0 Å². The van der Waals surface area contributed by atoms with Crippen LogP contribution in [-0.2, 0) is 6.54 Å². The molecular formula is C21H29N3O4. The first-order valence-corrected chi connectivity index (χ1v) is 9.13. The standard InChI is InChI=1S/C21H29N3O4/c1-14-7-8-24(15(2)13-23(3)4)21(26)19(14)20(25)22-12-16-9-17(27-5)11-18(10-16)28-6/h7-11,15H,12-13H2,1-6H3,(H,22,25). The van der Waals surface area contributed by atoms with E-state index < -0.39 is 5.91 Å². The normalized spacial score (nSPS) is 12.0. The summed E-state index contributed by atoms with van der Waals surface area (Å²) in [5.41, 5.74) is 1.36. The summed E-state index contributed by atoms with van der Waals surface area (Å²) in [5, 5.41) is 2.83. The van der Waals surface area contributed by atoms with Crippen molar-refractivity contribution >= 4 is 5.91 Å². The number of amides is 1. The maximum Gasteiger partial charge on any atom is 0.263 e. The van der Waals surface area contributed by atoms with Crippen molar-refractivity contribution in [2.75, 3.05) is 34.9 Å². The van der Waals surface area contributed by atoms with E-state index in [9.17, 15) is 9.59 Å². The zero-order valence-corrected chi connectivity index (χ0v) is 17.4. The van der Waals surface area contributed by atoms with Crippen LogP contribution < -0.4 is 20.3 Å². The fourth-order valence-corrected chi connectivity index (χ4v) is 3.12. The highest BCUT2D eigenvalue weighted by Crippen LogP contribution is 2.22. The number of hydrogen-bond acceptors (Lipinski definition) is 5. The van der Waals surface area contributed by atoms with Crippen LogP contribution in [0.3, 0.4) is 0 Å². The van der Waals surface area contributed by atoms with Crippen molar-refractivity contribution in [3.63, 3.8) is 0 Å². The Kier molecular flexibility index (Phi) is 7.23. The molecule has 0 saturated heterocycles. The van der Waals surface area contributed by atoms with Gasteiger partial charge in [0.25, 0.3) is 11.5 Å². The lowest BCUT2D eigenvalue weighted by Gasteiger charge is -2.20. The molecule has 152 valence electrons. The zero-order chi connectivity index (χ0) is 20.8. The van der Waals surface area contributed by atoms with Gasteiger partial charge in [0.1, 0.15) is 17.1 Å². The molecule has 1 N–H and O–H groups in total. The van der Waals surface area contributed by atoms with Gasteiger partial charge in [-0.15, -0.1) is 0 Å². The topological polar surface area (TPSA) is 72.8 Å². The van der Waals surface area contributed by atoms with Crippen LogP contribution in [0.2, 0.25) is 0 Å². The van der Waals surface area contributed by atoms with Gasteiger partial charge in [-0.2, -0.15) is 0 Å². The van der Waals surface area contributed by atoms with Gasteiger partial charge in [-0.05, 0) is 57.3 Å². The summed E-state index contributed by atoms with van der Waals surface area (Å²) in [7, 11) is 7.04. The number of carbonyl (C=O) groups excluding carboxylic acids is 1. The second-order valence-electron chi connectivity index (χ2n) is 7.10. The Morgan fingerprint density at radius 2 is 1.79 bits per heavy atom. The highest BCUT2D eigenvalue weighted by molar-refractivity contribution is 5.95. The predicted octanol–water partition coefficient (Wildman–Crippen LogP) is 2.23. The van der Waals surface area contributed by atoms with Gasteiger partial charge in [0.05, 0.1) is 14.2 Å². The highest BCUT2D eigenvalue weighted by atomic mass is 16.5. The number of likely N-dealkylation sites (N-methyl/N-ethyl adjacent to an activating group) is 1. The number of ether oxygens (including phenoxy) is 2. The molecule has 7 heteroatoms. The second kappa shape index (κ2) is 9.41. The molecule has 1 heterocycles. The number of nitrogens with zero attached hydrogens (tertiary/aromatic N) is 2. The largest absolute Gasteiger partial charge is 0.497 e. The monoisotopic (exact) mass is 387 g/mol. The molecule has 1 unspecified atom stereocenters. The Bertz CT molecular complexity index is 867. The molecule has 0 saturated carbocycles. The van der Waals surface area contributed by atoms with Crippen LogP contribution in [0.4, 0.5) is 0 Å². The van der Waals surface area contributed by atoms with Crippen LogP contribution in [0.1, 0.15) is 34.5 Å². The predicted molar refractivity (Wildman–Crippen MR) is 109 cm³/mol. The fraction of sp³-hybridized carbons (Fsp3) is 0.429. The van der Waals surface area contributed by atoms with E-state index in [1.165, 1.54) is 0 Å². The molecule has 0 aliphatic rings. The highest BCUT2D eigenvalue weighted by Gasteiger charge is 2.18. The first-order valence-electron chi connectivity index (χ1n) is 9.13. The summed E-state index contributed by atoms with van der Waals surface area (Å²) in [6.45, 7) is 4.69. The average Bonchev–Trinajstić information content (AvgIpc) is 2.65. The van der Waals surface area contributed by atoms with E-state index in [-0.39, 0.29) is 23.7 Å². The molecule has 2 aromatic rings. The first-order chi connectivity index (χ1) is 13.3. The number of pyridine rings is 1. The number of aromatic nitrogens is 1. The minimum Gasteiger partial charge on any atom is -0.497 e. The van der Waals surface area contributed by atoms with Crippen molar-refractivity contribution in [2.24, 2.45) is 0 Å². The maximum absolute atomic E-state index is 12.9. The minimum atomic E-state index is -0.393. The van der Waals surface area contributed by atoms with Crippen molar-refractivity contribution < 1.29 is 14.3 Å². The molecule has 1 amide bonds. The van der Waals surface area contributed by atoms with Gasteiger partial charge in [0.2, 0.25) is 0 Å². The summed E-state index contributed by atoms with van der Waals surface area (Å²) >= 11 is 0. The fourth-order valence-electron chi connectivity index (χ4n) is 3.12. The van der Waals surface area contributed by atoms with E-state index >= 15 is 0 Å². The van der Waals surface area contributed by atoms with Crippen LogP contribution in [0, 0.1) is 6.92 Å². The van der Waals surface area contributed by atoms with E-state index in [0.717, 1.165) is 5.56 Å². The van der Waals surface area contributed by atoms with Crippen LogP contribution >= 0.6 is 0 Å². The summed E-state index contributed by atoms with van der Waals surface area (Å²) in [5.74, 6) is 0.884.